The lowest BCUT2D eigenvalue weighted by atomic mass is 9.74. The number of hydrogen-bond donors (Lipinski definition) is 1. The average Bonchev–Trinajstić information content (AvgIpc) is 2.75. The smallest absolute Gasteiger partial charge is 0.0807 e. The molecule has 2 N–H and O–H groups in total. The van der Waals surface area contributed by atoms with Gasteiger partial charge in [-0.05, 0) is 49.9 Å². The fraction of sp³-hybridized carbons (Fsp3) is 0. The van der Waals surface area contributed by atoms with Crippen molar-refractivity contribution in [3.05, 3.63) is 85.1 Å². The van der Waals surface area contributed by atoms with E-state index in [1.807, 2.05) is 12.3 Å². The summed E-state index contributed by atoms with van der Waals surface area (Å²) < 4.78 is 0. The second-order valence-corrected chi connectivity index (χ2v) is 7.82. The summed E-state index contributed by atoms with van der Waals surface area (Å²) in [5.74, 6) is 0. The number of nitrogen functional groups attached to an aromatic ring is 1. The molecular weight excluding hydrogens is 352 g/mol. The maximum Gasteiger partial charge on any atom is 0.0807 e. The molecule has 7 rings (SSSR count). The number of benzene rings is 5. The predicted molar refractivity (Wildman–Crippen MR) is 123 cm³/mol. The highest BCUT2D eigenvalue weighted by Crippen LogP contribution is 2.55. The molecule has 2 heteroatoms. The highest BCUT2D eigenvalue weighted by molar-refractivity contribution is 6.31. The molecule has 0 unspecified atom stereocenters. The first-order valence-electron chi connectivity index (χ1n) is 9.86. The van der Waals surface area contributed by atoms with Gasteiger partial charge in [-0.2, -0.15) is 0 Å². The standard InChI is InChI=1S/C27H16N2/c28-22-13-14-29-27-21(22)12-9-17-6-5-16-8-11-20-19-10-7-15-3-1-2-4-18(15)25(19)26(20)23(16)24(17)27/h1-14H,(H2,28,29). The summed E-state index contributed by atoms with van der Waals surface area (Å²) >= 11 is 0. The van der Waals surface area contributed by atoms with Gasteiger partial charge in [-0.25, -0.2) is 0 Å². The molecule has 0 aliphatic heterocycles. The Balaban J connectivity index is 1.74. The van der Waals surface area contributed by atoms with Gasteiger partial charge >= 0.3 is 0 Å². The van der Waals surface area contributed by atoms with E-state index in [0.29, 0.717) is 0 Å². The van der Waals surface area contributed by atoms with E-state index < -0.39 is 0 Å². The summed E-state index contributed by atoms with van der Waals surface area (Å²) in [4.78, 5) is 4.75. The van der Waals surface area contributed by atoms with Gasteiger partial charge in [-0.3, -0.25) is 4.98 Å². The van der Waals surface area contributed by atoms with Crippen molar-refractivity contribution in [3.8, 4) is 22.3 Å². The Kier molecular flexibility index (Phi) is 2.66. The van der Waals surface area contributed by atoms with Gasteiger partial charge in [0.1, 0.15) is 0 Å². The lowest BCUT2D eigenvalue weighted by molar-refractivity contribution is 1.43. The average molecular weight is 368 g/mol. The molecule has 0 radical (unpaired) electrons. The molecule has 0 spiro atoms. The molecule has 0 saturated carbocycles. The number of nitrogens with zero attached hydrogens (tertiary/aromatic N) is 1. The fourth-order valence-corrected chi connectivity index (χ4v) is 5.05. The summed E-state index contributed by atoms with van der Waals surface area (Å²) in [6.45, 7) is 0. The van der Waals surface area contributed by atoms with E-state index in [0.717, 1.165) is 16.6 Å². The van der Waals surface area contributed by atoms with E-state index in [2.05, 4.69) is 72.8 Å². The monoisotopic (exact) mass is 368 g/mol. The van der Waals surface area contributed by atoms with Crippen molar-refractivity contribution in [3.63, 3.8) is 0 Å². The third kappa shape index (κ3) is 1.79. The van der Waals surface area contributed by atoms with Crippen molar-refractivity contribution in [2.45, 2.75) is 0 Å². The molecule has 1 aliphatic carbocycles. The summed E-state index contributed by atoms with van der Waals surface area (Å²) in [7, 11) is 0. The van der Waals surface area contributed by atoms with Crippen molar-refractivity contribution < 1.29 is 0 Å². The van der Waals surface area contributed by atoms with Crippen LogP contribution < -0.4 is 5.73 Å². The SMILES string of the molecule is Nc1ccnc2c1ccc1ccc3ccc4c(c3c12)-c1c-4ccc2ccccc12. The number of hydrogen-bond acceptors (Lipinski definition) is 2. The molecule has 0 saturated heterocycles. The zero-order valence-electron chi connectivity index (χ0n) is 15.6. The maximum atomic E-state index is 6.28. The van der Waals surface area contributed by atoms with E-state index in [1.54, 1.807) is 0 Å². The Morgan fingerprint density at radius 3 is 2.14 bits per heavy atom. The van der Waals surface area contributed by atoms with Crippen LogP contribution in [0.25, 0.3) is 65.5 Å². The number of rotatable bonds is 0. The molecule has 0 atom stereocenters. The normalized spacial score (nSPS) is 12.3. The minimum Gasteiger partial charge on any atom is -0.398 e. The fourth-order valence-electron chi connectivity index (χ4n) is 5.05. The summed E-state index contributed by atoms with van der Waals surface area (Å²) in [6.07, 6.45) is 1.81. The Morgan fingerprint density at radius 2 is 1.24 bits per heavy atom. The highest BCUT2D eigenvalue weighted by atomic mass is 14.7. The maximum absolute atomic E-state index is 6.28. The predicted octanol–water partition coefficient (Wildman–Crippen LogP) is 6.92. The number of fused-ring (bicyclic) bond motifs is 12. The molecule has 1 heterocycles. The van der Waals surface area contributed by atoms with Gasteiger partial charge in [0.25, 0.3) is 0 Å². The zero-order chi connectivity index (χ0) is 19.1. The van der Waals surface area contributed by atoms with Crippen LogP contribution in [0.1, 0.15) is 0 Å². The summed E-state index contributed by atoms with van der Waals surface area (Å²) in [5.41, 5.74) is 13.4. The van der Waals surface area contributed by atoms with Gasteiger partial charge in [0, 0.05) is 28.0 Å². The van der Waals surface area contributed by atoms with Crippen molar-refractivity contribution in [2.75, 3.05) is 5.73 Å². The molecule has 1 aliphatic rings. The van der Waals surface area contributed by atoms with E-state index in [9.17, 15) is 0 Å². The van der Waals surface area contributed by atoms with E-state index in [1.165, 1.54) is 54.6 Å². The molecular formula is C27H16N2. The molecule has 5 aromatic carbocycles. The van der Waals surface area contributed by atoms with Gasteiger partial charge in [0.15, 0.2) is 0 Å². The van der Waals surface area contributed by atoms with Crippen LogP contribution in [0.2, 0.25) is 0 Å². The Labute approximate surface area is 167 Å². The van der Waals surface area contributed by atoms with Crippen LogP contribution in [0.15, 0.2) is 85.1 Å². The van der Waals surface area contributed by atoms with Crippen LogP contribution in [-0.2, 0) is 0 Å². The second-order valence-electron chi connectivity index (χ2n) is 7.82. The van der Waals surface area contributed by atoms with Crippen LogP contribution in [0.5, 0.6) is 0 Å². The number of nitrogens with two attached hydrogens (primary N) is 1. The van der Waals surface area contributed by atoms with Crippen LogP contribution in [0, 0.1) is 0 Å². The molecule has 29 heavy (non-hydrogen) atoms. The topological polar surface area (TPSA) is 38.9 Å². The summed E-state index contributed by atoms with van der Waals surface area (Å²) in [6, 6.07) is 28.2. The summed E-state index contributed by atoms with van der Waals surface area (Å²) in [5, 5.41) is 8.53. The van der Waals surface area contributed by atoms with E-state index in [-0.39, 0.29) is 0 Å². The van der Waals surface area contributed by atoms with Crippen LogP contribution >= 0.6 is 0 Å². The lowest BCUT2D eigenvalue weighted by Gasteiger charge is -2.28. The quantitative estimate of drug-likeness (QED) is 0.295. The number of pyridine rings is 1. The molecule has 134 valence electrons. The molecule has 1 aromatic heterocycles. The first-order valence-corrected chi connectivity index (χ1v) is 9.86. The molecule has 0 amide bonds. The van der Waals surface area contributed by atoms with Gasteiger partial charge < -0.3 is 5.73 Å². The van der Waals surface area contributed by atoms with E-state index >= 15 is 0 Å². The van der Waals surface area contributed by atoms with E-state index in [4.69, 9.17) is 10.7 Å². The largest absolute Gasteiger partial charge is 0.398 e. The van der Waals surface area contributed by atoms with Crippen molar-refractivity contribution >= 4 is 48.9 Å². The molecule has 0 fully saturated rings. The number of anilines is 1. The number of aromatic nitrogens is 1. The highest BCUT2D eigenvalue weighted by Gasteiger charge is 2.27. The van der Waals surface area contributed by atoms with Crippen LogP contribution in [0.3, 0.4) is 0 Å². The van der Waals surface area contributed by atoms with Gasteiger partial charge in [-0.1, -0.05) is 72.8 Å². The Bertz CT molecular complexity index is 1660. The third-order valence-electron chi connectivity index (χ3n) is 6.38. The zero-order valence-corrected chi connectivity index (χ0v) is 15.6. The van der Waals surface area contributed by atoms with Gasteiger partial charge in [0.2, 0.25) is 0 Å². The van der Waals surface area contributed by atoms with Crippen LogP contribution in [0.4, 0.5) is 5.69 Å². The van der Waals surface area contributed by atoms with Crippen molar-refractivity contribution in [1.82, 2.24) is 4.98 Å². The molecule has 6 aromatic rings. The molecule has 2 nitrogen and oxygen atoms in total. The first-order chi connectivity index (χ1) is 14.3. The lowest BCUT2D eigenvalue weighted by Crippen LogP contribution is -2.01. The first kappa shape index (κ1) is 15.1. The van der Waals surface area contributed by atoms with Crippen LogP contribution in [-0.4, -0.2) is 4.98 Å². The minimum atomic E-state index is 0.773. The van der Waals surface area contributed by atoms with Gasteiger partial charge in [-0.15, -0.1) is 0 Å². The molecule has 0 bridgehead atoms. The minimum absolute atomic E-state index is 0.773. The Morgan fingerprint density at radius 1 is 0.552 bits per heavy atom. The van der Waals surface area contributed by atoms with Crippen molar-refractivity contribution in [1.29, 1.82) is 0 Å². The van der Waals surface area contributed by atoms with Gasteiger partial charge in [0.05, 0.1) is 5.52 Å². The Hall–Kier alpha value is -3.91. The van der Waals surface area contributed by atoms with Crippen molar-refractivity contribution in [2.24, 2.45) is 0 Å². The second kappa shape index (κ2) is 5.12. The third-order valence-corrected chi connectivity index (χ3v) is 6.38.